The van der Waals surface area contributed by atoms with Crippen LogP contribution < -0.4 is 10.6 Å². The zero-order valence-electron chi connectivity index (χ0n) is 19.2. The number of rotatable bonds is 11. The highest BCUT2D eigenvalue weighted by Crippen LogP contribution is 2.44. The predicted molar refractivity (Wildman–Crippen MR) is 126 cm³/mol. The summed E-state index contributed by atoms with van der Waals surface area (Å²) >= 11 is 0. The summed E-state index contributed by atoms with van der Waals surface area (Å²) in [7, 11) is 0. The van der Waals surface area contributed by atoms with Gasteiger partial charge >= 0.3 is 12.1 Å². The zero-order chi connectivity index (χ0) is 23.8. The first-order valence-corrected chi connectivity index (χ1v) is 11.5. The molecule has 0 aromatic heterocycles. The lowest BCUT2D eigenvalue weighted by molar-refractivity contribution is -0.137. The van der Waals surface area contributed by atoms with Gasteiger partial charge in [0.25, 0.3) is 0 Å². The van der Waals surface area contributed by atoms with Crippen molar-refractivity contribution in [2.45, 2.75) is 51.5 Å². The molecule has 0 bridgehead atoms. The van der Waals surface area contributed by atoms with Gasteiger partial charge < -0.3 is 20.5 Å². The van der Waals surface area contributed by atoms with Gasteiger partial charge in [-0.25, -0.2) is 4.79 Å². The Hall–Kier alpha value is -3.35. The van der Waals surface area contributed by atoms with Crippen LogP contribution in [0.25, 0.3) is 11.1 Å². The topological polar surface area (TPSA) is 105 Å². The maximum atomic E-state index is 12.3. The number of fused-ring (bicyclic) bond motifs is 3. The lowest BCUT2D eigenvalue weighted by Gasteiger charge is -2.18. The summed E-state index contributed by atoms with van der Waals surface area (Å²) in [5, 5.41) is 14.4. The smallest absolute Gasteiger partial charge is 0.407 e. The molecule has 1 aliphatic rings. The van der Waals surface area contributed by atoms with Crippen molar-refractivity contribution in [1.29, 1.82) is 0 Å². The number of aliphatic carboxylic acids is 1. The Labute approximate surface area is 194 Å². The van der Waals surface area contributed by atoms with Crippen LogP contribution in [-0.2, 0) is 14.3 Å². The van der Waals surface area contributed by atoms with Gasteiger partial charge in [-0.15, -0.1) is 0 Å². The second-order valence-corrected chi connectivity index (χ2v) is 8.51. The van der Waals surface area contributed by atoms with Gasteiger partial charge in [-0.1, -0.05) is 62.4 Å². The summed E-state index contributed by atoms with van der Waals surface area (Å²) in [4.78, 5) is 35.3. The summed E-state index contributed by atoms with van der Waals surface area (Å²) in [6, 6.07) is 16.0. The van der Waals surface area contributed by atoms with E-state index in [1.54, 1.807) is 6.92 Å². The van der Waals surface area contributed by atoms with Gasteiger partial charge in [0.1, 0.15) is 6.61 Å². The summed E-state index contributed by atoms with van der Waals surface area (Å²) in [6.45, 7) is 4.31. The summed E-state index contributed by atoms with van der Waals surface area (Å²) < 4.78 is 5.51. The fourth-order valence-corrected chi connectivity index (χ4v) is 4.23. The van der Waals surface area contributed by atoms with Crippen LogP contribution in [0.4, 0.5) is 4.79 Å². The number of carboxylic acid groups (broad SMARTS) is 1. The molecule has 0 saturated heterocycles. The first-order chi connectivity index (χ1) is 15.9. The number of amides is 2. The van der Waals surface area contributed by atoms with Crippen molar-refractivity contribution in [1.82, 2.24) is 10.6 Å². The third kappa shape index (κ3) is 6.34. The molecule has 33 heavy (non-hydrogen) atoms. The van der Waals surface area contributed by atoms with Gasteiger partial charge in [-0.05, 0) is 41.5 Å². The molecule has 0 spiro atoms. The fourth-order valence-electron chi connectivity index (χ4n) is 4.23. The molecular weight excluding hydrogens is 420 g/mol. The minimum Gasteiger partial charge on any atom is -0.481 e. The van der Waals surface area contributed by atoms with E-state index in [0.29, 0.717) is 25.8 Å². The molecule has 7 nitrogen and oxygen atoms in total. The van der Waals surface area contributed by atoms with Gasteiger partial charge in [0.2, 0.25) is 5.91 Å². The SMILES string of the molecule is CC[C@H](CC(=O)O)NC(=O)C(C)CCCNC(=O)OCC1c2ccccc2-c2ccccc21. The molecular formula is C26H32N2O5. The van der Waals surface area contributed by atoms with E-state index in [1.807, 2.05) is 31.2 Å². The van der Waals surface area contributed by atoms with Gasteiger partial charge in [-0.2, -0.15) is 0 Å². The Balaban J connectivity index is 1.40. The van der Waals surface area contributed by atoms with Crippen LogP contribution in [0.3, 0.4) is 0 Å². The highest BCUT2D eigenvalue weighted by atomic mass is 16.5. The van der Waals surface area contributed by atoms with E-state index in [9.17, 15) is 14.4 Å². The van der Waals surface area contributed by atoms with Crippen LogP contribution in [0.15, 0.2) is 48.5 Å². The molecule has 0 heterocycles. The molecule has 1 unspecified atom stereocenters. The van der Waals surface area contributed by atoms with Crippen molar-refractivity contribution in [3.63, 3.8) is 0 Å². The van der Waals surface area contributed by atoms with Crippen LogP contribution in [-0.4, -0.2) is 42.3 Å². The summed E-state index contributed by atoms with van der Waals surface area (Å²) in [5.74, 6) is -1.34. The maximum absolute atomic E-state index is 12.3. The minimum atomic E-state index is -0.929. The molecule has 0 fully saturated rings. The molecule has 3 rings (SSSR count). The zero-order valence-corrected chi connectivity index (χ0v) is 19.2. The van der Waals surface area contributed by atoms with Gasteiger partial charge in [0, 0.05) is 24.4 Å². The third-order valence-electron chi connectivity index (χ3n) is 6.13. The van der Waals surface area contributed by atoms with E-state index in [1.165, 1.54) is 22.3 Å². The first-order valence-electron chi connectivity index (χ1n) is 11.5. The quantitative estimate of drug-likeness (QED) is 0.441. The number of nitrogens with one attached hydrogen (secondary N) is 2. The second-order valence-electron chi connectivity index (χ2n) is 8.51. The standard InChI is InChI=1S/C26H32N2O5/c1-3-18(15-24(29)30)28-25(31)17(2)9-8-14-27-26(32)33-16-23-21-12-6-4-10-19(21)20-11-5-7-13-22(20)23/h4-7,10-13,17-18,23H,3,8-9,14-16H2,1-2H3,(H,27,32)(H,28,31)(H,29,30)/t17?,18-/m1/s1. The molecule has 0 radical (unpaired) electrons. The van der Waals surface area contributed by atoms with E-state index in [2.05, 4.69) is 34.9 Å². The van der Waals surface area contributed by atoms with Crippen LogP contribution >= 0.6 is 0 Å². The molecule has 2 aromatic rings. The number of ether oxygens (including phenoxy) is 1. The fraction of sp³-hybridized carbons (Fsp3) is 0.423. The van der Waals surface area contributed by atoms with Crippen molar-refractivity contribution in [2.24, 2.45) is 5.92 Å². The highest BCUT2D eigenvalue weighted by Gasteiger charge is 2.29. The first kappa shape index (κ1) is 24.3. The Morgan fingerprint density at radius 3 is 2.21 bits per heavy atom. The predicted octanol–water partition coefficient (Wildman–Crippen LogP) is 4.31. The van der Waals surface area contributed by atoms with E-state index >= 15 is 0 Å². The van der Waals surface area contributed by atoms with Crippen molar-refractivity contribution < 1.29 is 24.2 Å². The van der Waals surface area contributed by atoms with Gasteiger partial charge in [0.15, 0.2) is 0 Å². The number of carbonyl (C=O) groups excluding carboxylic acids is 2. The van der Waals surface area contributed by atoms with Crippen LogP contribution in [0.2, 0.25) is 0 Å². The van der Waals surface area contributed by atoms with Gasteiger partial charge in [0.05, 0.1) is 6.42 Å². The normalized spacial score (nSPS) is 14.0. The number of hydrogen-bond acceptors (Lipinski definition) is 4. The van der Waals surface area contributed by atoms with Crippen LogP contribution in [0, 0.1) is 5.92 Å². The number of carboxylic acids is 1. The molecule has 0 aliphatic heterocycles. The average Bonchev–Trinajstić information content (AvgIpc) is 3.13. The molecule has 7 heteroatoms. The van der Waals surface area contributed by atoms with Crippen molar-refractivity contribution in [3.05, 3.63) is 59.7 Å². The maximum Gasteiger partial charge on any atom is 0.407 e. The Kier molecular flexibility index (Phi) is 8.46. The summed E-state index contributed by atoms with van der Waals surface area (Å²) in [5.41, 5.74) is 4.70. The van der Waals surface area contributed by atoms with Crippen molar-refractivity contribution in [2.75, 3.05) is 13.2 Å². The lowest BCUT2D eigenvalue weighted by Crippen LogP contribution is -2.39. The minimum absolute atomic E-state index is 0.0178. The van der Waals surface area contributed by atoms with Crippen LogP contribution in [0.1, 0.15) is 56.6 Å². The number of benzene rings is 2. The Morgan fingerprint density at radius 2 is 1.64 bits per heavy atom. The molecule has 2 amide bonds. The van der Waals surface area contributed by atoms with E-state index in [4.69, 9.17) is 9.84 Å². The van der Waals surface area contributed by atoms with E-state index in [-0.39, 0.29) is 36.8 Å². The second kappa shape index (κ2) is 11.5. The molecule has 176 valence electrons. The molecule has 0 saturated carbocycles. The Morgan fingerprint density at radius 1 is 1.03 bits per heavy atom. The molecule has 1 aliphatic carbocycles. The lowest BCUT2D eigenvalue weighted by atomic mass is 9.98. The average molecular weight is 453 g/mol. The van der Waals surface area contributed by atoms with Crippen LogP contribution in [0.5, 0.6) is 0 Å². The number of hydrogen-bond donors (Lipinski definition) is 3. The molecule has 3 N–H and O–H groups in total. The number of alkyl carbamates (subject to hydrolysis) is 1. The third-order valence-corrected chi connectivity index (χ3v) is 6.13. The number of carbonyl (C=O) groups is 3. The molecule has 2 atom stereocenters. The molecule has 2 aromatic carbocycles. The summed E-state index contributed by atoms with van der Waals surface area (Å²) in [6.07, 6.45) is 1.21. The monoisotopic (exact) mass is 452 g/mol. The van der Waals surface area contributed by atoms with Gasteiger partial charge in [-0.3, -0.25) is 9.59 Å². The highest BCUT2D eigenvalue weighted by molar-refractivity contribution is 5.80. The van der Waals surface area contributed by atoms with Crippen molar-refractivity contribution >= 4 is 18.0 Å². The van der Waals surface area contributed by atoms with E-state index < -0.39 is 12.1 Å². The largest absolute Gasteiger partial charge is 0.481 e. The Bertz CT molecular complexity index is 945. The van der Waals surface area contributed by atoms with Crippen molar-refractivity contribution in [3.8, 4) is 11.1 Å². The van der Waals surface area contributed by atoms with E-state index in [0.717, 1.165) is 0 Å².